The number of hydrogen-bond donors (Lipinski definition) is 2. The first kappa shape index (κ1) is 16.5. The fourth-order valence-electron chi connectivity index (χ4n) is 2.69. The lowest BCUT2D eigenvalue weighted by Gasteiger charge is -2.12. The van der Waals surface area contributed by atoms with Gasteiger partial charge in [-0.05, 0) is 39.5 Å². The fraction of sp³-hybridized carbons (Fsp3) is 0.714. The van der Waals surface area contributed by atoms with Gasteiger partial charge in [-0.25, -0.2) is 13.1 Å². The van der Waals surface area contributed by atoms with E-state index in [9.17, 15) is 8.42 Å². The standard InChI is InChI=1S/C14H26N4O2S/c1-4-15-9-13-8-14(11-18(13)5-2)21(19,20)16-12-6-7-17(3)10-12/h8,11-12,15-16H,4-7,9-10H2,1-3H3. The number of aryl methyl sites for hydroxylation is 1. The number of aromatic nitrogens is 1. The van der Waals surface area contributed by atoms with Gasteiger partial charge in [-0.3, -0.25) is 0 Å². The van der Waals surface area contributed by atoms with Gasteiger partial charge in [-0.2, -0.15) is 0 Å². The van der Waals surface area contributed by atoms with Crippen LogP contribution in [-0.4, -0.2) is 50.6 Å². The number of hydrogen-bond acceptors (Lipinski definition) is 4. The van der Waals surface area contributed by atoms with Gasteiger partial charge in [0.1, 0.15) is 0 Å². The largest absolute Gasteiger partial charge is 0.349 e. The number of sulfonamides is 1. The van der Waals surface area contributed by atoms with Crippen LogP contribution in [0.3, 0.4) is 0 Å². The van der Waals surface area contributed by atoms with E-state index < -0.39 is 10.0 Å². The van der Waals surface area contributed by atoms with E-state index in [1.807, 2.05) is 25.5 Å². The monoisotopic (exact) mass is 314 g/mol. The van der Waals surface area contributed by atoms with E-state index in [0.717, 1.165) is 38.3 Å². The van der Waals surface area contributed by atoms with Crippen molar-refractivity contribution in [3.63, 3.8) is 0 Å². The summed E-state index contributed by atoms with van der Waals surface area (Å²) < 4.78 is 29.8. The fourth-order valence-corrected chi connectivity index (χ4v) is 4.01. The molecule has 1 aromatic heterocycles. The average Bonchev–Trinajstić information content (AvgIpc) is 3.02. The molecule has 0 spiro atoms. The highest BCUT2D eigenvalue weighted by molar-refractivity contribution is 7.89. The predicted octanol–water partition coefficient (Wildman–Crippen LogP) is 0.600. The summed E-state index contributed by atoms with van der Waals surface area (Å²) in [5.41, 5.74) is 1.00. The molecule has 7 heteroatoms. The maximum atomic E-state index is 12.5. The van der Waals surface area contributed by atoms with E-state index in [2.05, 4.69) is 14.9 Å². The van der Waals surface area contributed by atoms with Crippen LogP contribution in [0, 0.1) is 0 Å². The van der Waals surface area contributed by atoms with Crippen LogP contribution in [0.25, 0.3) is 0 Å². The smallest absolute Gasteiger partial charge is 0.242 e. The van der Waals surface area contributed by atoms with Crippen molar-refractivity contribution in [3.05, 3.63) is 18.0 Å². The van der Waals surface area contributed by atoms with Gasteiger partial charge in [0.2, 0.25) is 10.0 Å². The second kappa shape index (κ2) is 6.91. The first-order chi connectivity index (χ1) is 9.96. The summed E-state index contributed by atoms with van der Waals surface area (Å²) in [4.78, 5) is 2.51. The highest BCUT2D eigenvalue weighted by Gasteiger charge is 2.26. The topological polar surface area (TPSA) is 66.4 Å². The summed E-state index contributed by atoms with van der Waals surface area (Å²) in [6.07, 6.45) is 2.60. The normalized spacial score (nSPS) is 20.2. The van der Waals surface area contributed by atoms with E-state index in [1.165, 1.54) is 0 Å². The third-order valence-corrected chi connectivity index (χ3v) is 5.37. The molecule has 0 saturated carbocycles. The Morgan fingerprint density at radius 2 is 2.14 bits per heavy atom. The molecule has 2 N–H and O–H groups in total. The molecule has 0 amide bonds. The molecule has 1 saturated heterocycles. The van der Waals surface area contributed by atoms with Gasteiger partial charge < -0.3 is 14.8 Å². The molecule has 21 heavy (non-hydrogen) atoms. The Bertz CT molecular complexity index is 568. The van der Waals surface area contributed by atoms with E-state index >= 15 is 0 Å². The van der Waals surface area contributed by atoms with E-state index in [-0.39, 0.29) is 6.04 Å². The Morgan fingerprint density at radius 1 is 1.38 bits per heavy atom. The molecule has 1 atom stereocenters. The van der Waals surface area contributed by atoms with Crippen molar-refractivity contribution in [1.29, 1.82) is 0 Å². The van der Waals surface area contributed by atoms with E-state index in [0.29, 0.717) is 11.4 Å². The maximum Gasteiger partial charge on any atom is 0.242 e. The minimum Gasteiger partial charge on any atom is -0.349 e. The second-order valence-electron chi connectivity index (χ2n) is 5.60. The summed E-state index contributed by atoms with van der Waals surface area (Å²) in [6, 6.07) is 1.79. The lowest BCUT2D eigenvalue weighted by atomic mass is 10.3. The van der Waals surface area contributed by atoms with Crippen LogP contribution in [0.15, 0.2) is 17.2 Å². The van der Waals surface area contributed by atoms with Crippen molar-refractivity contribution < 1.29 is 8.42 Å². The van der Waals surface area contributed by atoms with Crippen LogP contribution in [0.1, 0.15) is 26.0 Å². The van der Waals surface area contributed by atoms with Crippen molar-refractivity contribution in [3.8, 4) is 0 Å². The number of nitrogens with one attached hydrogen (secondary N) is 2. The zero-order valence-electron chi connectivity index (χ0n) is 13.1. The molecular formula is C14H26N4O2S. The molecule has 0 aliphatic carbocycles. The quantitative estimate of drug-likeness (QED) is 0.773. The number of nitrogens with zero attached hydrogens (tertiary/aromatic N) is 2. The van der Waals surface area contributed by atoms with Crippen LogP contribution >= 0.6 is 0 Å². The van der Waals surface area contributed by atoms with Gasteiger partial charge in [0.05, 0.1) is 4.90 Å². The molecule has 2 rings (SSSR count). The molecule has 2 heterocycles. The molecule has 120 valence electrons. The van der Waals surface area contributed by atoms with Gasteiger partial charge in [-0.15, -0.1) is 0 Å². The molecule has 6 nitrogen and oxygen atoms in total. The molecule has 1 aromatic rings. The Balaban J connectivity index is 2.13. The maximum absolute atomic E-state index is 12.5. The zero-order chi connectivity index (χ0) is 15.5. The van der Waals surface area contributed by atoms with Crippen LogP contribution in [0.5, 0.6) is 0 Å². The third-order valence-electron chi connectivity index (χ3n) is 3.88. The van der Waals surface area contributed by atoms with Crippen molar-refractivity contribution in [1.82, 2.24) is 19.5 Å². The zero-order valence-corrected chi connectivity index (χ0v) is 13.9. The minimum atomic E-state index is -3.43. The highest BCUT2D eigenvalue weighted by atomic mass is 32.2. The Labute approximate surface area is 127 Å². The lowest BCUT2D eigenvalue weighted by molar-refractivity contribution is 0.407. The van der Waals surface area contributed by atoms with Crippen molar-refractivity contribution >= 4 is 10.0 Å². The molecule has 1 unspecified atom stereocenters. The van der Waals surface area contributed by atoms with Crippen molar-refractivity contribution in [2.24, 2.45) is 0 Å². The molecule has 1 fully saturated rings. The summed E-state index contributed by atoms with van der Waals surface area (Å²) in [6.45, 7) is 8.09. The van der Waals surface area contributed by atoms with Crippen LogP contribution in [0.2, 0.25) is 0 Å². The lowest BCUT2D eigenvalue weighted by Crippen LogP contribution is -2.36. The first-order valence-electron chi connectivity index (χ1n) is 7.57. The summed E-state index contributed by atoms with van der Waals surface area (Å²) in [5, 5.41) is 3.24. The van der Waals surface area contributed by atoms with Gasteiger partial charge >= 0.3 is 0 Å². The van der Waals surface area contributed by atoms with Crippen LogP contribution in [-0.2, 0) is 23.1 Å². The van der Waals surface area contributed by atoms with Gasteiger partial charge in [0.15, 0.2) is 0 Å². The highest BCUT2D eigenvalue weighted by Crippen LogP contribution is 2.17. The minimum absolute atomic E-state index is 0.0159. The summed E-state index contributed by atoms with van der Waals surface area (Å²) in [7, 11) is -1.42. The van der Waals surface area contributed by atoms with E-state index in [4.69, 9.17) is 0 Å². The Hall–Kier alpha value is -0.890. The summed E-state index contributed by atoms with van der Waals surface area (Å²) >= 11 is 0. The number of likely N-dealkylation sites (N-methyl/N-ethyl adjacent to an activating group) is 1. The summed E-state index contributed by atoms with van der Waals surface area (Å²) in [5.74, 6) is 0. The molecule has 1 aliphatic heterocycles. The van der Waals surface area contributed by atoms with Crippen LogP contribution in [0.4, 0.5) is 0 Å². The van der Waals surface area contributed by atoms with Gasteiger partial charge in [-0.1, -0.05) is 6.92 Å². The second-order valence-corrected chi connectivity index (χ2v) is 7.32. The Morgan fingerprint density at radius 3 is 2.71 bits per heavy atom. The number of rotatable bonds is 7. The number of likely N-dealkylation sites (tertiary alicyclic amines) is 1. The van der Waals surface area contributed by atoms with E-state index in [1.54, 1.807) is 12.3 Å². The first-order valence-corrected chi connectivity index (χ1v) is 9.05. The Kier molecular flexibility index (Phi) is 5.43. The molecule has 0 radical (unpaired) electrons. The molecule has 1 aliphatic rings. The third kappa shape index (κ3) is 4.06. The molecular weight excluding hydrogens is 288 g/mol. The predicted molar refractivity (Wildman–Crippen MR) is 83.7 cm³/mol. The van der Waals surface area contributed by atoms with Gasteiger partial charge in [0, 0.05) is 37.6 Å². The molecule has 0 aromatic carbocycles. The molecule has 0 bridgehead atoms. The van der Waals surface area contributed by atoms with Crippen LogP contribution < -0.4 is 10.0 Å². The SMILES string of the molecule is CCNCc1cc(S(=O)(=O)NC2CCN(C)C2)cn1CC. The van der Waals surface area contributed by atoms with Crippen molar-refractivity contribution in [2.75, 3.05) is 26.7 Å². The van der Waals surface area contributed by atoms with Gasteiger partial charge in [0.25, 0.3) is 0 Å². The average molecular weight is 314 g/mol. The van der Waals surface area contributed by atoms with Crippen molar-refractivity contribution in [2.45, 2.75) is 44.3 Å².